The van der Waals surface area contributed by atoms with Crippen LogP contribution in [-0.4, -0.2) is 23.3 Å². The zero-order chi connectivity index (χ0) is 17.3. The normalized spacial score (nSPS) is 18.7. The van der Waals surface area contributed by atoms with Gasteiger partial charge in [0, 0.05) is 24.0 Å². The Kier molecular flexibility index (Phi) is 4.66. The molecular weight excluding hydrogens is 322 g/mol. The number of carbonyl (C=O) groups is 2. The van der Waals surface area contributed by atoms with Crippen LogP contribution in [0.25, 0.3) is 0 Å². The molecule has 1 aromatic heterocycles. The predicted molar refractivity (Wildman–Crippen MR) is 95.0 cm³/mol. The van der Waals surface area contributed by atoms with Gasteiger partial charge in [-0.3, -0.25) is 9.59 Å². The first kappa shape index (κ1) is 16.6. The van der Waals surface area contributed by atoms with E-state index in [-0.39, 0.29) is 30.2 Å². The van der Waals surface area contributed by atoms with E-state index >= 15 is 0 Å². The minimum absolute atomic E-state index is 0.00356. The quantitative estimate of drug-likeness (QED) is 0.928. The molecule has 1 aromatic carbocycles. The van der Waals surface area contributed by atoms with Crippen LogP contribution in [0.15, 0.2) is 29.6 Å². The molecule has 1 aliphatic rings. The Morgan fingerprint density at radius 2 is 2.04 bits per heavy atom. The highest BCUT2D eigenvalue weighted by Gasteiger charge is 2.35. The van der Waals surface area contributed by atoms with Gasteiger partial charge in [0.25, 0.3) is 0 Å². The minimum atomic E-state index is -0.319. The predicted octanol–water partition coefficient (Wildman–Crippen LogP) is 2.99. The van der Waals surface area contributed by atoms with Gasteiger partial charge in [0.15, 0.2) is 0 Å². The average molecular weight is 343 g/mol. The smallest absolute Gasteiger partial charge is 0.227 e. The van der Waals surface area contributed by atoms with E-state index in [0.29, 0.717) is 6.54 Å². The van der Waals surface area contributed by atoms with Crippen LogP contribution in [-0.2, 0) is 9.59 Å². The number of carbonyl (C=O) groups excluding carboxylic acids is 2. The van der Waals surface area contributed by atoms with Crippen molar-refractivity contribution in [3.05, 3.63) is 45.9 Å². The van der Waals surface area contributed by atoms with E-state index in [0.717, 1.165) is 22.0 Å². The number of rotatable bonds is 4. The number of thiazole rings is 1. The largest absolute Gasteiger partial charge is 0.348 e. The number of hydrogen-bond acceptors (Lipinski definition) is 4. The second-order valence-corrected chi connectivity index (χ2v) is 7.32. The molecule has 2 unspecified atom stereocenters. The Bertz CT molecular complexity index is 754. The van der Waals surface area contributed by atoms with Crippen LogP contribution in [0.1, 0.15) is 35.7 Å². The number of amides is 2. The zero-order valence-electron chi connectivity index (χ0n) is 14.1. The third-order valence-electron chi connectivity index (χ3n) is 4.28. The first-order valence-electron chi connectivity index (χ1n) is 8.03. The van der Waals surface area contributed by atoms with Gasteiger partial charge in [-0.05, 0) is 32.9 Å². The van der Waals surface area contributed by atoms with Crippen LogP contribution in [0, 0.1) is 19.8 Å². The van der Waals surface area contributed by atoms with E-state index in [1.54, 1.807) is 16.2 Å². The Balaban J connectivity index is 1.64. The molecule has 0 radical (unpaired) electrons. The summed E-state index contributed by atoms with van der Waals surface area (Å²) >= 11 is 1.57. The van der Waals surface area contributed by atoms with E-state index in [4.69, 9.17) is 0 Å². The summed E-state index contributed by atoms with van der Waals surface area (Å²) in [6, 6.07) is 7.65. The standard InChI is InChI=1S/C18H21N3O2S/c1-11-4-6-15(7-5-11)21-9-14(8-17(21)22)18(23)19-12(2)16-10-24-13(3)20-16/h4-7,10,12,14H,8-9H2,1-3H3,(H,19,23). The lowest BCUT2D eigenvalue weighted by molar-refractivity contribution is -0.126. The molecule has 1 aliphatic heterocycles. The Morgan fingerprint density at radius 3 is 2.67 bits per heavy atom. The van der Waals surface area contributed by atoms with Crippen molar-refractivity contribution >= 4 is 28.8 Å². The van der Waals surface area contributed by atoms with Crippen LogP contribution in [0.3, 0.4) is 0 Å². The molecule has 0 spiro atoms. The first-order valence-corrected chi connectivity index (χ1v) is 8.91. The number of nitrogens with zero attached hydrogens (tertiary/aromatic N) is 2. The molecule has 24 heavy (non-hydrogen) atoms. The van der Waals surface area contributed by atoms with Crippen molar-refractivity contribution in [1.82, 2.24) is 10.3 Å². The number of nitrogens with one attached hydrogen (secondary N) is 1. The molecule has 2 heterocycles. The molecule has 0 aliphatic carbocycles. The molecule has 0 bridgehead atoms. The first-order chi connectivity index (χ1) is 11.4. The maximum atomic E-state index is 12.5. The summed E-state index contributed by atoms with van der Waals surface area (Å²) in [5.74, 6) is -0.409. The van der Waals surface area contributed by atoms with Gasteiger partial charge in [-0.1, -0.05) is 17.7 Å². The van der Waals surface area contributed by atoms with Crippen LogP contribution in [0.4, 0.5) is 5.69 Å². The molecule has 1 N–H and O–H groups in total. The van der Waals surface area contributed by atoms with Gasteiger partial charge < -0.3 is 10.2 Å². The topological polar surface area (TPSA) is 62.3 Å². The third kappa shape index (κ3) is 3.48. The summed E-state index contributed by atoms with van der Waals surface area (Å²) in [7, 11) is 0. The highest BCUT2D eigenvalue weighted by atomic mass is 32.1. The number of hydrogen-bond donors (Lipinski definition) is 1. The lowest BCUT2D eigenvalue weighted by Crippen LogP contribution is -2.34. The molecule has 2 amide bonds. The lowest BCUT2D eigenvalue weighted by Gasteiger charge is -2.18. The lowest BCUT2D eigenvalue weighted by atomic mass is 10.1. The molecule has 5 nitrogen and oxygen atoms in total. The average Bonchev–Trinajstić information content (AvgIpc) is 3.14. The summed E-state index contributed by atoms with van der Waals surface area (Å²) in [4.78, 5) is 30.9. The summed E-state index contributed by atoms with van der Waals surface area (Å²) in [5.41, 5.74) is 2.86. The highest BCUT2D eigenvalue weighted by molar-refractivity contribution is 7.09. The Morgan fingerprint density at radius 1 is 1.33 bits per heavy atom. The summed E-state index contributed by atoms with van der Waals surface area (Å²) in [6.45, 7) is 6.29. The van der Waals surface area contributed by atoms with Crippen LogP contribution in [0.2, 0.25) is 0 Å². The van der Waals surface area contributed by atoms with Crippen molar-refractivity contribution in [1.29, 1.82) is 0 Å². The van der Waals surface area contributed by atoms with Crippen molar-refractivity contribution in [3.8, 4) is 0 Å². The fourth-order valence-corrected chi connectivity index (χ4v) is 3.55. The van der Waals surface area contributed by atoms with Gasteiger partial charge in [0.05, 0.1) is 22.7 Å². The van der Waals surface area contributed by atoms with E-state index < -0.39 is 0 Å². The molecule has 1 fully saturated rings. The molecule has 2 aromatic rings. The second kappa shape index (κ2) is 6.73. The van der Waals surface area contributed by atoms with Crippen LogP contribution in [0.5, 0.6) is 0 Å². The molecule has 0 saturated carbocycles. The van der Waals surface area contributed by atoms with Crippen LogP contribution < -0.4 is 10.2 Å². The van der Waals surface area contributed by atoms with Gasteiger partial charge >= 0.3 is 0 Å². The molecule has 126 valence electrons. The van der Waals surface area contributed by atoms with E-state index in [2.05, 4.69) is 10.3 Å². The van der Waals surface area contributed by atoms with E-state index in [9.17, 15) is 9.59 Å². The molecule has 1 saturated heterocycles. The summed E-state index contributed by atoms with van der Waals surface area (Å²) in [5, 5.41) is 5.92. The van der Waals surface area contributed by atoms with Gasteiger partial charge in [-0.2, -0.15) is 0 Å². The van der Waals surface area contributed by atoms with Crippen molar-refractivity contribution in [3.63, 3.8) is 0 Å². The SMILES string of the molecule is Cc1ccc(N2CC(C(=O)NC(C)c3csc(C)n3)CC2=O)cc1. The number of benzene rings is 1. The van der Waals surface area contributed by atoms with Gasteiger partial charge in [0.2, 0.25) is 11.8 Å². The van der Waals surface area contributed by atoms with Crippen molar-refractivity contribution in [2.75, 3.05) is 11.4 Å². The molecule has 2 atom stereocenters. The summed E-state index contributed by atoms with van der Waals surface area (Å²) in [6.07, 6.45) is 0.253. The van der Waals surface area contributed by atoms with Gasteiger partial charge in [-0.25, -0.2) is 4.98 Å². The maximum absolute atomic E-state index is 12.5. The number of aryl methyl sites for hydroxylation is 2. The fourth-order valence-electron chi connectivity index (χ4n) is 2.84. The zero-order valence-corrected chi connectivity index (χ0v) is 14.9. The van der Waals surface area contributed by atoms with Crippen molar-refractivity contribution < 1.29 is 9.59 Å². The van der Waals surface area contributed by atoms with Gasteiger partial charge in [0.1, 0.15) is 0 Å². The van der Waals surface area contributed by atoms with Crippen molar-refractivity contribution in [2.45, 2.75) is 33.2 Å². The van der Waals surface area contributed by atoms with E-state index in [1.165, 1.54) is 0 Å². The Labute approximate surface area is 145 Å². The summed E-state index contributed by atoms with van der Waals surface area (Å²) < 4.78 is 0. The van der Waals surface area contributed by atoms with Gasteiger partial charge in [-0.15, -0.1) is 11.3 Å². The van der Waals surface area contributed by atoms with Crippen molar-refractivity contribution in [2.24, 2.45) is 5.92 Å². The Hall–Kier alpha value is -2.21. The van der Waals surface area contributed by atoms with E-state index in [1.807, 2.05) is 50.4 Å². The highest BCUT2D eigenvalue weighted by Crippen LogP contribution is 2.26. The molecular formula is C18H21N3O2S. The second-order valence-electron chi connectivity index (χ2n) is 6.26. The third-order valence-corrected chi connectivity index (χ3v) is 5.07. The molecule has 6 heteroatoms. The molecule has 3 rings (SSSR count). The number of aromatic nitrogens is 1. The fraction of sp³-hybridized carbons (Fsp3) is 0.389. The minimum Gasteiger partial charge on any atom is -0.348 e. The number of anilines is 1. The maximum Gasteiger partial charge on any atom is 0.227 e. The monoisotopic (exact) mass is 343 g/mol. The van der Waals surface area contributed by atoms with Crippen LogP contribution >= 0.6 is 11.3 Å².